The molecular formula is C16H23N5. The maximum absolute atomic E-state index is 8.72. The van der Waals surface area contributed by atoms with Crippen LogP contribution in [-0.4, -0.2) is 18.6 Å². The highest BCUT2D eigenvalue weighted by Crippen LogP contribution is 2.39. The molecule has 0 N–H and O–H groups in total. The molecule has 0 atom stereocenters. The third kappa shape index (κ3) is 3.14. The number of benzene rings is 1. The van der Waals surface area contributed by atoms with Crippen LogP contribution in [0.3, 0.4) is 0 Å². The number of anilines is 1. The minimum atomic E-state index is 0.366. The first kappa shape index (κ1) is 15.3. The molecule has 112 valence electrons. The Morgan fingerprint density at radius 2 is 1.67 bits per heavy atom. The summed E-state index contributed by atoms with van der Waals surface area (Å²) in [5.74, 6) is 0.733. The van der Waals surface area contributed by atoms with E-state index in [9.17, 15) is 0 Å². The van der Waals surface area contributed by atoms with Gasteiger partial charge in [0.1, 0.15) is 0 Å². The fourth-order valence-electron chi connectivity index (χ4n) is 2.66. The van der Waals surface area contributed by atoms with E-state index >= 15 is 0 Å². The van der Waals surface area contributed by atoms with E-state index in [0.29, 0.717) is 17.5 Å². The Hall–Kier alpha value is -2.13. The Labute approximate surface area is 126 Å². The molecule has 0 radical (unpaired) electrons. The maximum atomic E-state index is 8.72. The molecule has 0 unspecified atom stereocenters. The Balaban J connectivity index is 2.64. The van der Waals surface area contributed by atoms with Crippen molar-refractivity contribution in [1.29, 1.82) is 0 Å². The molecule has 1 heterocycles. The molecule has 1 aromatic rings. The van der Waals surface area contributed by atoms with Gasteiger partial charge in [0.15, 0.2) is 0 Å². The normalized spacial score (nSPS) is 14.2. The Kier molecular flexibility index (Phi) is 4.43. The summed E-state index contributed by atoms with van der Waals surface area (Å²) < 4.78 is 0. The Morgan fingerprint density at radius 1 is 1.10 bits per heavy atom. The fraction of sp³-hybridized carbons (Fsp3) is 0.500. The van der Waals surface area contributed by atoms with Crippen molar-refractivity contribution >= 4 is 11.4 Å². The average Bonchev–Trinajstić information content (AvgIpc) is 2.84. The monoisotopic (exact) mass is 285 g/mol. The minimum Gasteiger partial charge on any atom is -0.361 e. The highest BCUT2D eigenvalue weighted by Gasteiger charge is 2.22. The van der Waals surface area contributed by atoms with Gasteiger partial charge in [0.05, 0.1) is 6.67 Å². The number of hydrogen-bond acceptors (Lipinski definition) is 3. The summed E-state index contributed by atoms with van der Waals surface area (Å²) >= 11 is 0. The SMILES string of the molecule is CC(C)c1cc(N=[N+]=[N-])cc(C(C)C)c1N1C=CN(C)C1. The molecule has 0 amide bonds. The molecule has 0 aromatic heterocycles. The second-order valence-corrected chi connectivity index (χ2v) is 6.14. The maximum Gasteiger partial charge on any atom is 0.0939 e. The van der Waals surface area contributed by atoms with Crippen LogP contribution in [0.5, 0.6) is 0 Å². The van der Waals surface area contributed by atoms with E-state index in [2.05, 4.69) is 67.0 Å². The van der Waals surface area contributed by atoms with E-state index < -0.39 is 0 Å². The van der Waals surface area contributed by atoms with Crippen molar-refractivity contribution in [3.63, 3.8) is 0 Å². The van der Waals surface area contributed by atoms with Gasteiger partial charge < -0.3 is 9.80 Å². The quantitative estimate of drug-likeness (QED) is 0.441. The zero-order valence-electron chi connectivity index (χ0n) is 13.4. The van der Waals surface area contributed by atoms with Crippen molar-refractivity contribution in [2.45, 2.75) is 39.5 Å². The van der Waals surface area contributed by atoms with Crippen molar-refractivity contribution < 1.29 is 0 Å². The largest absolute Gasteiger partial charge is 0.361 e. The number of nitrogens with zero attached hydrogens (tertiary/aromatic N) is 5. The van der Waals surface area contributed by atoms with Crippen molar-refractivity contribution in [2.24, 2.45) is 5.11 Å². The number of hydrogen-bond donors (Lipinski definition) is 0. The van der Waals surface area contributed by atoms with Crippen LogP contribution in [-0.2, 0) is 0 Å². The van der Waals surface area contributed by atoms with E-state index in [-0.39, 0.29) is 0 Å². The lowest BCUT2D eigenvalue weighted by atomic mass is 9.91. The van der Waals surface area contributed by atoms with Crippen molar-refractivity contribution in [3.05, 3.63) is 46.1 Å². The van der Waals surface area contributed by atoms with Crippen LogP contribution in [0.4, 0.5) is 11.4 Å². The van der Waals surface area contributed by atoms with Crippen molar-refractivity contribution in [3.8, 4) is 0 Å². The van der Waals surface area contributed by atoms with Crippen LogP contribution in [0.15, 0.2) is 29.6 Å². The molecule has 2 rings (SSSR count). The summed E-state index contributed by atoms with van der Waals surface area (Å²) in [5, 5.41) is 3.81. The van der Waals surface area contributed by atoms with Crippen LogP contribution in [0.1, 0.15) is 50.7 Å². The third-order valence-electron chi connectivity index (χ3n) is 3.72. The average molecular weight is 285 g/mol. The zero-order chi connectivity index (χ0) is 15.6. The van der Waals surface area contributed by atoms with Crippen molar-refractivity contribution in [1.82, 2.24) is 4.90 Å². The zero-order valence-corrected chi connectivity index (χ0v) is 13.4. The molecule has 5 nitrogen and oxygen atoms in total. The van der Waals surface area contributed by atoms with Gasteiger partial charge in [-0.3, -0.25) is 0 Å². The third-order valence-corrected chi connectivity index (χ3v) is 3.72. The molecule has 1 aliphatic heterocycles. The van der Waals surface area contributed by atoms with Gasteiger partial charge in [0, 0.05) is 35.7 Å². The molecule has 0 bridgehead atoms. The second-order valence-electron chi connectivity index (χ2n) is 6.14. The van der Waals surface area contributed by atoms with Gasteiger partial charge in [-0.1, -0.05) is 32.8 Å². The highest BCUT2D eigenvalue weighted by molar-refractivity contribution is 5.68. The fourth-order valence-corrected chi connectivity index (χ4v) is 2.66. The van der Waals surface area contributed by atoms with Gasteiger partial charge in [-0.2, -0.15) is 0 Å². The van der Waals surface area contributed by atoms with Gasteiger partial charge in [-0.15, -0.1) is 0 Å². The summed E-state index contributed by atoms with van der Waals surface area (Å²) in [5.41, 5.74) is 13.1. The molecule has 0 aliphatic carbocycles. The van der Waals surface area contributed by atoms with Gasteiger partial charge in [0.2, 0.25) is 0 Å². The first-order valence-corrected chi connectivity index (χ1v) is 7.32. The summed E-state index contributed by atoms with van der Waals surface area (Å²) in [6.07, 6.45) is 4.19. The second kappa shape index (κ2) is 6.10. The first-order valence-electron chi connectivity index (χ1n) is 7.32. The predicted octanol–water partition coefficient (Wildman–Crippen LogP) is 5.06. The van der Waals surface area contributed by atoms with Gasteiger partial charge in [-0.25, -0.2) is 0 Å². The molecule has 0 saturated carbocycles. The lowest BCUT2D eigenvalue weighted by molar-refractivity contribution is 0.494. The molecule has 1 aromatic carbocycles. The van der Waals surface area contributed by atoms with Gasteiger partial charge in [0.25, 0.3) is 0 Å². The molecular weight excluding hydrogens is 262 g/mol. The van der Waals surface area contributed by atoms with Gasteiger partial charge in [-0.05, 0) is 40.6 Å². The van der Waals surface area contributed by atoms with E-state index in [1.54, 1.807) is 0 Å². The number of azide groups is 1. The topological polar surface area (TPSA) is 55.2 Å². The predicted molar refractivity (Wildman–Crippen MR) is 87.7 cm³/mol. The van der Waals surface area contributed by atoms with Crippen LogP contribution >= 0.6 is 0 Å². The Bertz CT molecular complexity index is 568. The van der Waals surface area contributed by atoms with Crippen LogP contribution in [0, 0.1) is 0 Å². The van der Waals surface area contributed by atoms with E-state index in [1.807, 2.05) is 12.1 Å². The standard InChI is InChI=1S/C16H23N5/c1-11(2)14-8-13(18-19-17)9-15(12(3)4)16(14)21-7-6-20(5)10-21/h6-9,11-12H,10H2,1-5H3. The molecule has 1 aliphatic rings. The summed E-state index contributed by atoms with van der Waals surface area (Å²) in [6, 6.07) is 4.02. The molecule has 0 fully saturated rings. The van der Waals surface area contributed by atoms with Crippen molar-refractivity contribution in [2.75, 3.05) is 18.6 Å². The molecule has 0 spiro atoms. The number of rotatable bonds is 4. The van der Waals surface area contributed by atoms with E-state index in [0.717, 1.165) is 6.67 Å². The summed E-state index contributed by atoms with van der Waals surface area (Å²) in [7, 11) is 2.06. The molecule has 21 heavy (non-hydrogen) atoms. The first-order chi connectivity index (χ1) is 9.93. The molecule has 5 heteroatoms. The van der Waals surface area contributed by atoms with E-state index in [1.165, 1.54) is 16.8 Å². The van der Waals surface area contributed by atoms with Gasteiger partial charge >= 0.3 is 0 Å². The lowest BCUT2D eigenvalue weighted by Gasteiger charge is -2.28. The lowest BCUT2D eigenvalue weighted by Crippen LogP contribution is -2.24. The van der Waals surface area contributed by atoms with Crippen LogP contribution in [0.2, 0.25) is 0 Å². The smallest absolute Gasteiger partial charge is 0.0939 e. The van der Waals surface area contributed by atoms with E-state index in [4.69, 9.17) is 5.53 Å². The van der Waals surface area contributed by atoms with Crippen LogP contribution in [0.25, 0.3) is 10.4 Å². The van der Waals surface area contributed by atoms with Crippen LogP contribution < -0.4 is 4.90 Å². The highest BCUT2D eigenvalue weighted by atomic mass is 15.3. The summed E-state index contributed by atoms with van der Waals surface area (Å²) in [6.45, 7) is 9.54. The molecule has 0 saturated heterocycles. The minimum absolute atomic E-state index is 0.366. The summed E-state index contributed by atoms with van der Waals surface area (Å²) in [4.78, 5) is 7.35. The Morgan fingerprint density at radius 3 is 2.05 bits per heavy atom.